The first-order valence-electron chi connectivity index (χ1n) is 13.4. The van der Waals surface area contributed by atoms with Gasteiger partial charge in [-0.1, -0.05) is 26.0 Å². The minimum Gasteiger partial charge on any atom is -0.497 e. The van der Waals surface area contributed by atoms with Crippen LogP contribution in [0.3, 0.4) is 0 Å². The van der Waals surface area contributed by atoms with Gasteiger partial charge in [-0.15, -0.1) is 0 Å². The van der Waals surface area contributed by atoms with Crippen LogP contribution in [0.2, 0.25) is 0 Å². The Morgan fingerprint density at radius 2 is 1.75 bits per heavy atom. The van der Waals surface area contributed by atoms with E-state index in [1.165, 1.54) is 11.1 Å². The highest BCUT2D eigenvalue weighted by molar-refractivity contribution is 5.95. The summed E-state index contributed by atoms with van der Waals surface area (Å²) < 4.78 is 10.7. The molecular weight excluding hydrogens is 508 g/mol. The standard InChI is InChI=1S/C17H19N5O2.C11H13NO2.C2H6/c1-4-24-14-9-11(17(23)22(2)3)10-18-16(14)19-15-12-7-5-6-8-13(12)20-21-15;1-14-10-6-4-9(5-7-10)12-11(13)8-2-3-8;1-2/h5-10H,4H2,1-3H3,(H2,18,19,20,21);4-8H,2-3H2,1H3,(H,12,13);1-2H3. The molecule has 1 fully saturated rings. The van der Waals surface area contributed by atoms with Gasteiger partial charge in [-0.3, -0.25) is 14.7 Å². The number of rotatable bonds is 8. The molecular formula is C30H38N6O4. The molecule has 5 rings (SSSR count). The van der Waals surface area contributed by atoms with Gasteiger partial charge in [0, 0.05) is 37.3 Å². The van der Waals surface area contributed by atoms with Gasteiger partial charge in [0.15, 0.2) is 17.4 Å². The molecule has 0 saturated heterocycles. The Labute approximate surface area is 235 Å². The smallest absolute Gasteiger partial charge is 0.255 e. The number of ether oxygens (including phenoxy) is 2. The number of amides is 2. The number of methoxy groups -OCH3 is 1. The van der Waals surface area contributed by atoms with E-state index in [1.54, 1.807) is 27.3 Å². The molecule has 0 atom stereocenters. The van der Waals surface area contributed by atoms with Crippen molar-refractivity contribution in [1.29, 1.82) is 0 Å². The van der Waals surface area contributed by atoms with Crippen molar-refractivity contribution in [1.82, 2.24) is 20.1 Å². The highest BCUT2D eigenvalue weighted by atomic mass is 16.5. The molecule has 1 aliphatic carbocycles. The number of carbonyl (C=O) groups is 2. The summed E-state index contributed by atoms with van der Waals surface area (Å²) in [7, 11) is 5.02. The zero-order chi connectivity index (χ0) is 29.1. The van der Waals surface area contributed by atoms with Crippen LogP contribution in [0, 0.1) is 5.92 Å². The molecule has 2 aromatic carbocycles. The van der Waals surface area contributed by atoms with Crippen molar-refractivity contribution >= 4 is 40.0 Å². The minimum absolute atomic E-state index is 0.125. The van der Waals surface area contributed by atoms with Gasteiger partial charge in [0.25, 0.3) is 5.91 Å². The zero-order valence-electron chi connectivity index (χ0n) is 23.9. The van der Waals surface area contributed by atoms with Crippen molar-refractivity contribution in [2.24, 2.45) is 5.92 Å². The van der Waals surface area contributed by atoms with Crippen molar-refractivity contribution in [3.63, 3.8) is 0 Å². The van der Waals surface area contributed by atoms with Gasteiger partial charge in [-0.25, -0.2) is 4.98 Å². The van der Waals surface area contributed by atoms with Gasteiger partial charge in [-0.2, -0.15) is 5.10 Å². The second-order valence-electron chi connectivity index (χ2n) is 8.94. The van der Waals surface area contributed by atoms with E-state index in [9.17, 15) is 9.59 Å². The number of hydrogen-bond acceptors (Lipinski definition) is 7. The number of aromatic amines is 1. The Balaban J connectivity index is 0.000000234. The molecule has 40 heavy (non-hydrogen) atoms. The number of carbonyl (C=O) groups excluding carboxylic acids is 2. The van der Waals surface area contributed by atoms with Crippen LogP contribution < -0.4 is 20.1 Å². The fourth-order valence-electron chi connectivity index (χ4n) is 3.61. The van der Waals surface area contributed by atoms with E-state index in [4.69, 9.17) is 9.47 Å². The summed E-state index contributed by atoms with van der Waals surface area (Å²) in [6.45, 7) is 6.35. The Morgan fingerprint density at radius 3 is 2.38 bits per heavy atom. The Kier molecular flexibility index (Phi) is 10.9. The van der Waals surface area contributed by atoms with Crippen LogP contribution in [0.15, 0.2) is 60.8 Å². The zero-order valence-corrected chi connectivity index (χ0v) is 23.9. The molecule has 0 bridgehead atoms. The van der Waals surface area contributed by atoms with E-state index >= 15 is 0 Å². The molecule has 1 saturated carbocycles. The average molecular weight is 547 g/mol. The van der Waals surface area contributed by atoms with Gasteiger partial charge >= 0.3 is 0 Å². The third-order valence-corrected chi connectivity index (χ3v) is 5.82. The Hall–Kier alpha value is -4.60. The molecule has 0 spiro atoms. The molecule has 4 aromatic rings. The van der Waals surface area contributed by atoms with E-state index in [2.05, 4.69) is 25.8 Å². The lowest BCUT2D eigenvalue weighted by Gasteiger charge is -2.14. The first kappa shape index (κ1) is 29.9. The van der Waals surface area contributed by atoms with E-state index in [-0.39, 0.29) is 17.7 Å². The summed E-state index contributed by atoms with van der Waals surface area (Å²) in [5.41, 5.74) is 2.24. The van der Waals surface area contributed by atoms with Crippen molar-refractivity contribution in [3.05, 3.63) is 66.4 Å². The van der Waals surface area contributed by atoms with Gasteiger partial charge in [0.05, 0.1) is 24.8 Å². The molecule has 3 N–H and O–H groups in total. The van der Waals surface area contributed by atoms with Crippen molar-refractivity contribution < 1.29 is 19.1 Å². The van der Waals surface area contributed by atoms with Crippen LogP contribution >= 0.6 is 0 Å². The number of hydrogen-bond donors (Lipinski definition) is 3. The third-order valence-electron chi connectivity index (χ3n) is 5.82. The van der Waals surface area contributed by atoms with E-state index in [1.807, 2.05) is 69.3 Å². The number of anilines is 3. The van der Waals surface area contributed by atoms with Crippen LogP contribution in [-0.4, -0.2) is 59.7 Å². The number of nitrogens with one attached hydrogen (secondary N) is 3. The molecule has 1 aliphatic rings. The monoisotopic (exact) mass is 546 g/mol. The maximum Gasteiger partial charge on any atom is 0.255 e. The highest BCUT2D eigenvalue weighted by Gasteiger charge is 2.29. The molecule has 2 heterocycles. The first-order valence-corrected chi connectivity index (χ1v) is 13.4. The second kappa shape index (κ2) is 14.5. The lowest BCUT2D eigenvalue weighted by molar-refractivity contribution is -0.117. The lowest BCUT2D eigenvalue weighted by Crippen LogP contribution is -2.22. The van der Waals surface area contributed by atoms with E-state index < -0.39 is 0 Å². The normalized spacial score (nSPS) is 11.8. The molecule has 212 valence electrons. The molecule has 0 unspecified atom stereocenters. The van der Waals surface area contributed by atoms with E-state index in [0.29, 0.717) is 29.6 Å². The highest BCUT2D eigenvalue weighted by Crippen LogP contribution is 2.31. The number of H-pyrrole nitrogens is 1. The summed E-state index contributed by atoms with van der Waals surface area (Å²) in [5.74, 6) is 2.74. The van der Waals surface area contributed by atoms with Crippen LogP contribution in [-0.2, 0) is 4.79 Å². The minimum atomic E-state index is -0.125. The van der Waals surface area contributed by atoms with Crippen LogP contribution in [0.1, 0.15) is 44.0 Å². The van der Waals surface area contributed by atoms with Gasteiger partial charge in [0.2, 0.25) is 5.91 Å². The summed E-state index contributed by atoms with van der Waals surface area (Å²) in [6.07, 6.45) is 3.59. The average Bonchev–Trinajstić information content (AvgIpc) is 3.77. The first-order chi connectivity index (χ1) is 19.4. The summed E-state index contributed by atoms with van der Waals surface area (Å²) in [4.78, 5) is 29.3. The summed E-state index contributed by atoms with van der Waals surface area (Å²) in [5, 5.41) is 14.2. The van der Waals surface area contributed by atoms with Gasteiger partial charge < -0.3 is 25.0 Å². The Bertz CT molecular complexity index is 1400. The fourth-order valence-corrected chi connectivity index (χ4v) is 3.61. The largest absolute Gasteiger partial charge is 0.497 e. The topological polar surface area (TPSA) is 121 Å². The molecule has 10 nitrogen and oxygen atoms in total. The summed E-state index contributed by atoms with van der Waals surface area (Å²) >= 11 is 0. The van der Waals surface area contributed by atoms with Crippen LogP contribution in [0.25, 0.3) is 10.9 Å². The van der Waals surface area contributed by atoms with Gasteiger partial charge in [-0.05, 0) is 62.2 Å². The van der Waals surface area contributed by atoms with Gasteiger partial charge in [0.1, 0.15) is 5.75 Å². The SMILES string of the molecule is CC.CCOc1cc(C(=O)N(C)C)cnc1Nc1n[nH]c2ccccc12.COc1ccc(NC(=O)C2CC2)cc1. The van der Waals surface area contributed by atoms with E-state index in [0.717, 1.165) is 35.2 Å². The Morgan fingerprint density at radius 1 is 1.05 bits per heavy atom. The summed E-state index contributed by atoms with van der Waals surface area (Å²) in [6, 6.07) is 16.8. The van der Waals surface area contributed by atoms with Crippen molar-refractivity contribution in [3.8, 4) is 11.5 Å². The molecule has 2 aromatic heterocycles. The molecule has 0 aliphatic heterocycles. The number of benzene rings is 2. The predicted molar refractivity (Wildman–Crippen MR) is 158 cm³/mol. The van der Waals surface area contributed by atoms with Crippen LogP contribution in [0.4, 0.5) is 17.3 Å². The fraction of sp³-hybridized carbons (Fsp3) is 0.333. The number of aromatic nitrogens is 3. The number of pyridine rings is 1. The maximum absolute atomic E-state index is 12.1. The maximum atomic E-state index is 12.1. The number of nitrogens with zero attached hydrogens (tertiary/aromatic N) is 3. The second-order valence-corrected chi connectivity index (χ2v) is 8.94. The lowest BCUT2D eigenvalue weighted by atomic mass is 10.2. The molecule has 0 radical (unpaired) electrons. The predicted octanol–water partition coefficient (Wildman–Crippen LogP) is 5.87. The molecule has 2 amide bonds. The number of fused-ring (bicyclic) bond motifs is 1. The third kappa shape index (κ3) is 7.95. The quantitative estimate of drug-likeness (QED) is 0.253. The van der Waals surface area contributed by atoms with Crippen molar-refractivity contribution in [2.45, 2.75) is 33.6 Å². The number of para-hydroxylation sites is 1. The van der Waals surface area contributed by atoms with Crippen molar-refractivity contribution in [2.75, 3.05) is 38.4 Å². The van der Waals surface area contributed by atoms with Crippen LogP contribution in [0.5, 0.6) is 11.5 Å². The molecule has 10 heteroatoms.